The lowest BCUT2D eigenvalue weighted by Crippen LogP contribution is -2.61. The molecule has 1 saturated heterocycles. The molecule has 104 valence electrons. The molecule has 0 N–H and O–H groups in total. The predicted octanol–water partition coefficient (Wildman–Crippen LogP) is 0.456. The van der Waals surface area contributed by atoms with Gasteiger partial charge in [-0.25, -0.2) is 0 Å². The second kappa shape index (κ2) is 4.36. The Kier molecular flexibility index (Phi) is 3.12. The highest BCUT2D eigenvalue weighted by atomic mass is 16.6. The van der Waals surface area contributed by atoms with E-state index >= 15 is 0 Å². The maximum absolute atomic E-state index is 12.0. The lowest BCUT2D eigenvalue weighted by molar-refractivity contribution is -0.199. The molecular weight excluding hydrogens is 252 g/mol. The number of methoxy groups -OCH3 is 2. The number of fused-ring (bicyclic) bond motifs is 2. The average Bonchev–Trinajstić information content (AvgIpc) is 2.34. The topological polar surface area (TPSA) is 78.9 Å². The van der Waals surface area contributed by atoms with Gasteiger partial charge in [-0.15, -0.1) is 0 Å². The Morgan fingerprint density at radius 3 is 2.32 bits per heavy atom. The monoisotopic (exact) mass is 268 g/mol. The van der Waals surface area contributed by atoms with Crippen LogP contribution in [0.4, 0.5) is 0 Å². The van der Waals surface area contributed by atoms with E-state index in [1.54, 1.807) is 19.9 Å². The van der Waals surface area contributed by atoms with E-state index < -0.39 is 41.3 Å². The molecule has 19 heavy (non-hydrogen) atoms. The third-order valence-electron chi connectivity index (χ3n) is 3.84. The molecule has 1 fully saturated rings. The van der Waals surface area contributed by atoms with E-state index in [0.717, 1.165) is 0 Å². The zero-order valence-electron chi connectivity index (χ0n) is 11.3. The SMILES string of the molecule is COC(=O)C1C2C(=O)OC(C)(C=C2C)C1C(=O)OC. The van der Waals surface area contributed by atoms with Gasteiger partial charge < -0.3 is 14.2 Å². The Morgan fingerprint density at radius 2 is 1.84 bits per heavy atom. The summed E-state index contributed by atoms with van der Waals surface area (Å²) in [5.74, 6) is -4.24. The third-order valence-corrected chi connectivity index (χ3v) is 3.84. The summed E-state index contributed by atoms with van der Waals surface area (Å²) in [5.41, 5.74) is -0.448. The van der Waals surface area contributed by atoms with E-state index in [1.165, 1.54) is 14.2 Å². The summed E-state index contributed by atoms with van der Waals surface area (Å²) < 4.78 is 14.7. The molecule has 2 heterocycles. The maximum Gasteiger partial charge on any atom is 0.314 e. The third kappa shape index (κ3) is 1.82. The quantitative estimate of drug-likeness (QED) is 0.411. The van der Waals surface area contributed by atoms with Gasteiger partial charge in [0.05, 0.1) is 26.1 Å². The van der Waals surface area contributed by atoms with E-state index in [0.29, 0.717) is 5.57 Å². The summed E-state index contributed by atoms with van der Waals surface area (Å²) in [7, 11) is 2.46. The number of carbonyl (C=O) groups is 3. The van der Waals surface area contributed by atoms with Crippen molar-refractivity contribution in [1.82, 2.24) is 0 Å². The van der Waals surface area contributed by atoms with Gasteiger partial charge in [0.25, 0.3) is 0 Å². The summed E-state index contributed by atoms with van der Waals surface area (Å²) in [6.07, 6.45) is 1.71. The molecule has 1 aliphatic carbocycles. The van der Waals surface area contributed by atoms with E-state index in [4.69, 9.17) is 14.2 Å². The maximum atomic E-state index is 12.0. The van der Waals surface area contributed by atoms with E-state index in [-0.39, 0.29) is 0 Å². The summed E-state index contributed by atoms with van der Waals surface area (Å²) >= 11 is 0. The molecule has 4 unspecified atom stereocenters. The van der Waals surface area contributed by atoms with E-state index in [1.807, 2.05) is 0 Å². The molecule has 6 heteroatoms. The molecule has 2 bridgehead atoms. The molecule has 0 radical (unpaired) electrons. The summed E-state index contributed by atoms with van der Waals surface area (Å²) in [4.78, 5) is 35.8. The van der Waals surface area contributed by atoms with Crippen molar-refractivity contribution >= 4 is 17.9 Å². The first kappa shape index (κ1) is 13.6. The minimum Gasteiger partial charge on any atom is -0.469 e. The van der Waals surface area contributed by atoms with Crippen molar-refractivity contribution < 1.29 is 28.6 Å². The van der Waals surface area contributed by atoms with Crippen LogP contribution in [-0.2, 0) is 28.6 Å². The van der Waals surface area contributed by atoms with Crippen molar-refractivity contribution in [2.45, 2.75) is 19.4 Å². The highest BCUT2D eigenvalue weighted by Gasteiger charge is 2.62. The zero-order valence-corrected chi connectivity index (χ0v) is 11.3. The van der Waals surface area contributed by atoms with Gasteiger partial charge in [-0.1, -0.05) is 5.57 Å². The Morgan fingerprint density at radius 1 is 1.26 bits per heavy atom. The van der Waals surface area contributed by atoms with E-state index in [9.17, 15) is 14.4 Å². The normalized spacial score (nSPS) is 36.3. The fourth-order valence-electron chi connectivity index (χ4n) is 3.09. The first-order chi connectivity index (χ1) is 8.85. The Hall–Kier alpha value is -1.85. The molecule has 3 aliphatic rings. The van der Waals surface area contributed by atoms with Crippen LogP contribution in [0.2, 0.25) is 0 Å². The summed E-state index contributed by atoms with van der Waals surface area (Å²) in [6.45, 7) is 3.34. The molecule has 0 saturated carbocycles. The van der Waals surface area contributed by atoms with Crippen LogP contribution in [0, 0.1) is 17.8 Å². The Bertz CT molecular complexity index is 480. The van der Waals surface area contributed by atoms with Crippen LogP contribution in [0.5, 0.6) is 0 Å². The van der Waals surface area contributed by atoms with Crippen LogP contribution in [0.25, 0.3) is 0 Å². The molecule has 0 spiro atoms. The molecule has 6 nitrogen and oxygen atoms in total. The van der Waals surface area contributed by atoms with Crippen molar-refractivity contribution in [3.63, 3.8) is 0 Å². The Balaban J connectivity index is 2.55. The van der Waals surface area contributed by atoms with Crippen molar-refractivity contribution in [2.75, 3.05) is 14.2 Å². The zero-order chi connectivity index (χ0) is 14.4. The van der Waals surface area contributed by atoms with Gasteiger partial charge in [0.15, 0.2) is 0 Å². The van der Waals surface area contributed by atoms with Gasteiger partial charge in [0.2, 0.25) is 0 Å². The fourth-order valence-corrected chi connectivity index (χ4v) is 3.09. The second-order valence-corrected chi connectivity index (χ2v) is 5.02. The fraction of sp³-hybridized carbons (Fsp3) is 0.615. The van der Waals surface area contributed by atoms with Crippen LogP contribution in [0.3, 0.4) is 0 Å². The number of ether oxygens (including phenoxy) is 3. The highest BCUT2D eigenvalue weighted by molar-refractivity contribution is 5.93. The first-order valence-electron chi connectivity index (χ1n) is 5.93. The second-order valence-electron chi connectivity index (χ2n) is 5.02. The number of hydrogen-bond donors (Lipinski definition) is 0. The standard InChI is InChI=1S/C13H16O6/c1-6-5-13(2)9(12(16)18-4)8(10(14)17-3)7(6)11(15)19-13/h5,7-9H,1-4H3. The molecule has 4 atom stereocenters. The minimum atomic E-state index is -1.16. The molecule has 0 aromatic rings. The van der Waals surface area contributed by atoms with Gasteiger partial charge in [-0.2, -0.15) is 0 Å². The molecule has 2 aliphatic heterocycles. The number of esters is 3. The lowest BCUT2D eigenvalue weighted by atomic mass is 9.63. The predicted molar refractivity (Wildman–Crippen MR) is 62.8 cm³/mol. The molecule has 0 aromatic heterocycles. The lowest BCUT2D eigenvalue weighted by Gasteiger charge is -2.48. The van der Waals surface area contributed by atoms with Crippen LogP contribution >= 0.6 is 0 Å². The van der Waals surface area contributed by atoms with Gasteiger partial charge >= 0.3 is 17.9 Å². The van der Waals surface area contributed by atoms with Crippen molar-refractivity contribution in [2.24, 2.45) is 17.8 Å². The van der Waals surface area contributed by atoms with Crippen molar-refractivity contribution in [3.05, 3.63) is 11.6 Å². The van der Waals surface area contributed by atoms with Gasteiger partial charge in [-0.3, -0.25) is 14.4 Å². The Labute approximate surface area is 110 Å². The average molecular weight is 268 g/mol. The number of carbonyl (C=O) groups excluding carboxylic acids is 3. The first-order valence-corrected chi connectivity index (χ1v) is 5.93. The largest absolute Gasteiger partial charge is 0.469 e. The molecule has 0 aromatic carbocycles. The summed E-state index contributed by atoms with van der Waals surface area (Å²) in [6, 6.07) is 0. The van der Waals surface area contributed by atoms with Crippen LogP contribution < -0.4 is 0 Å². The van der Waals surface area contributed by atoms with Crippen LogP contribution in [0.15, 0.2) is 11.6 Å². The highest BCUT2D eigenvalue weighted by Crippen LogP contribution is 2.49. The van der Waals surface area contributed by atoms with Gasteiger partial charge in [0.1, 0.15) is 11.5 Å². The smallest absolute Gasteiger partial charge is 0.314 e. The van der Waals surface area contributed by atoms with Crippen molar-refractivity contribution in [1.29, 1.82) is 0 Å². The number of hydrogen-bond acceptors (Lipinski definition) is 6. The van der Waals surface area contributed by atoms with Crippen LogP contribution in [-0.4, -0.2) is 37.7 Å². The summed E-state index contributed by atoms with van der Waals surface area (Å²) in [5, 5.41) is 0. The minimum absolute atomic E-state index is 0.502. The van der Waals surface area contributed by atoms with Gasteiger partial charge in [-0.05, 0) is 19.9 Å². The molecular formula is C13H16O6. The molecule has 0 amide bonds. The van der Waals surface area contributed by atoms with Gasteiger partial charge in [0, 0.05) is 0 Å². The molecule has 3 rings (SSSR count). The van der Waals surface area contributed by atoms with E-state index in [2.05, 4.69) is 0 Å². The van der Waals surface area contributed by atoms with Crippen LogP contribution in [0.1, 0.15) is 13.8 Å². The number of rotatable bonds is 2. The van der Waals surface area contributed by atoms with Crippen molar-refractivity contribution in [3.8, 4) is 0 Å².